The minimum absolute atomic E-state index is 0.124. The molecule has 18 heavy (non-hydrogen) atoms. The van der Waals surface area contributed by atoms with Crippen LogP contribution >= 0.6 is 0 Å². The Labute approximate surface area is 106 Å². The number of carbonyl (C=O) groups excluding carboxylic acids is 2. The number of hydrogen-bond donors (Lipinski definition) is 0. The fourth-order valence-electron chi connectivity index (χ4n) is 1.86. The number of carbonyl (C=O) groups is 2. The second-order valence-corrected chi connectivity index (χ2v) is 4.32. The number of nitrogens with zero attached hydrogens (tertiary/aromatic N) is 4. The lowest BCUT2D eigenvalue weighted by atomic mass is 10.3. The van der Waals surface area contributed by atoms with Crippen molar-refractivity contribution in [3.63, 3.8) is 0 Å². The predicted molar refractivity (Wildman–Crippen MR) is 66.8 cm³/mol. The number of anilines is 1. The van der Waals surface area contributed by atoms with Crippen molar-refractivity contribution in [2.24, 2.45) is 0 Å². The van der Waals surface area contributed by atoms with E-state index in [4.69, 9.17) is 0 Å². The first-order valence-corrected chi connectivity index (χ1v) is 5.94. The number of piperazine rings is 1. The SMILES string of the molecule is CN1CCN(c2ccnc(C(=O)CC=O)n2)CC1. The maximum atomic E-state index is 11.5. The number of hydrogen-bond acceptors (Lipinski definition) is 6. The summed E-state index contributed by atoms with van der Waals surface area (Å²) in [6, 6.07) is 1.79. The van der Waals surface area contributed by atoms with Crippen molar-refractivity contribution in [3.8, 4) is 0 Å². The molecule has 0 aliphatic carbocycles. The molecule has 0 atom stereocenters. The Morgan fingerprint density at radius 2 is 2.11 bits per heavy atom. The average molecular weight is 248 g/mol. The van der Waals surface area contributed by atoms with Crippen LogP contribution in [0.15, 0.2) is 12.3 Å². The van der Waals surface area contributed by atoms with Gasteiger partial charge in [-0.15, -0.1) is 0 Å². The zero-order chi connectivity index (χ0) is 13.0. The summed E-state index contributed by atoms with van der Waals surface area (Å²) in [5, 5.41) is 0. The molecule has 0 N–H and O–H groups in total. The molecule has 0 amide bonds. The van der Waals surface area contributed by atoms with E-state index in [1.54, 1.807) is 12.3 Å². The largest absolute Gasteiger partial charge is 0.354 e. The molecule has 2 rings (SSSR count). The van der Waals surface area contributed by atoms with Gasteiger partial charge < -0.3 is 14.6 Å². The van der Waals surface area contributed by atoms with Gasteiger partial charge in [0.1, 0.15) is 12.1 Å². The first-order chi connectivity index (χ1) is 8.70. The van der Waals surface area contributed by atoms with E-state index in [9.17, 15) is 9.59 Å². The van der Waals surface area contributed by atoms with E-state index in [1.165, 1.54) is 0 Å². The van der Waals surface area contributed by atoms with Crippen LogP contribution in [-0.4, -0.2) is 60.2 Å². The molecule has 0 aromatic carbocycles. The van der Waals surface area contributed by atoms with Crippen molar-refractivity contribution < 1.29 is 9.59 Å². The van der Waals surface area contributed by atoms with Crippen molar-refractivity contribution in [3.05, 3.63) is 18.1 Å². The topological polar surface area (TPSA) is 66.4 Å². The fraction of sp³-hybridized carbons (Fsp3) is 0.500. The van der Waals surface area contributed by atoms with E-state index in [2.05, 4.69) is 26.8 Å². The van der Waals surface area contributed by atoms with Crippen LogP contribution in [0.5, 0.6) is 0 Å². The highest BCUT2D eigenvalue weighted by molar-refractivity contribution is 6.00. The van der Waals surface area contributed by atoms with Gasteiger partial charge in [-0.3, -0.25) is 4.79 Å². The Hall–Kier alpha value is -1.82. The van der Waals surface area contributed by atoms with E-state index >= 15 is 0 Å². The molecule has 0 unspecified atom stereocenters. The summed E-state index contributed by atoms with van der Waals surface area (Å²) < 4.78 is 0. The van der Waals surface area contributed by atoms with Gasteiger partial charge >= 0.3 is 0 Å². The molecule has 1 fully saturated rings. The van der Waals surface area contributed by atoms with E-state index in [1.807, 2.05) is 0 Å². The lowest BCUT2D eigenvalue weighted by Crippen LogP contribution is -2.44. The highest BCUT2D eigenvalue weighted by atomic mass is 16.1. The molecule has 0 spiro atoms. The summed E-state index contributed by atoms with van der Waals surface area (Å²) in [6.45, 7) is 3.72. The van der Waals surface area contributed by atoms with Gasteiger partial charge in [0.05, 0.1) is 6.42 Å². The van der Waals surface area contributed by atoms with Gasteiger partial charge in [0.25, 0.3) is 0 Å². The van der Waals surface area contributed by atoms with Gasteiger partial charge in [-0.25, -0.2) is 9.97 Å². The van der Waals surface area contributed by atoms with E-state index < -0.39 is 0 Å². The minimum atomic E-state index is -0.332. The number of likely N-dealkylation sites (N-methyl/N-ethyl adjacent to an activating group) is 1. The second kappa shape index (κ2) is 5.68. The molecule has 1 saturated heterocycles. The summed E-state index contributed by atoms with van der Waals surface area (Å²) in [7, 11) is 2.08. The molecule has 1 aromatic rings. The second-order valence-electron chi connectivity index (χ2n) is 4.32. The van der Waals surface area contributed by atoms with E-state index in [0.29, 0.717) is 6.29 Å². The van der Waals surface area contributed by atoms with Gasteiger partial charge in [0, 0.05) is 32.4 Å². The lowest BCUT2D eigenvalue weighted by Gasteiger charge is -2.33. The number of Topliss-reactive ketones (excluding diaryl/α,β-unsaturated/α-hetero) is 1. The average Bonchev–Trinajstić information content (AvgIpc) is 2.40. The number of ketones is 1. The standard InChI is InChI=1S/C12H16N4O2/c1-15-5-7-16(8-6-15)11-2-4-13-12(14-11)10(18)3-9-17/h2,4,9H,3,5-8H2,1H3. The maximum Gasteiger partial charge on any atom is 0.207 e. The predicted octanol–water partition coefficient (Wildman–Crippen LogP) is 0.0001000. The van der Waals surface area contributed by atoms with Crippen molar-refractivity contribution in [1.29, 1.82) is 0 Å². The van der Waals surface area contributed by atoms with Gasteiger partial charge in [0.2, 0.25) is 5.78 Å². The van der Waals surface area contributed by atoms with Gasteiger partial charge in [-0.05, 0) is 13.1 Å². The molecule has 96 valence electrons. The molecule has 0 radical (unpaired) electrons. The first kappa shape index (κ1) is 12.6. The number of rotatable bonds is 4. The smallest absolute Gasteiger partial charge is 0.207 e. The van der Waals surface area contributed by atoms with Crippen molar-refractivity contribution in [2.75, 3.05) is 38.1 Å². The molecule has 1 aliphatic rings. The molecular weight excluding hydrogens is 232 g/mol. The zero-order valence-corrected chi connectivity index (χ0v) is 10.4. The van der Waals surface area contributed by atoms with Crippen LogP contribution in [0.25, 0.3) is 0 Å². The highest BCUT2D eigenvalue weighted by Crippen LogP contribution is 2.12. The molecule has 2 heterocycles. The monoisotopic (exact) mass is 248 g/mol. The third-order valence-electron chi connectivity index (χ3n) is 2.99. The molecule has 1 aromatic heterocycles. The maximum absolute atomic E-state index is 11.5. The normalized spacial score (nSPS) is 16.6. The Morgan fingerprint density at radius 3 is 2.78 bits per heavy atom. The third-order valence-corrected chi connectivity index (χ3v) is 2.99. The van der Waals surface area contributed by atoms with Crippen LogP contribution in [-0.2, 0) is 4.79 Å². The van der Waals surface area contributed by atoms with E-state index in [-0.39, 0.29) is 18.0 Å². The molecule has 1 aliphatic heterocycles. The Morgan fingerprint density at radius 1 is 1.39 bits per heavy atom. The summed E-state index contributed by atoms with van der Waals surface area (Å²) in [6.07, 6.45) is 1.99. The molecule has 0 saturated carbocycles. The van der Waals surface area contributed by atoms with Gasteiger partial charge in [-0.1, -0.05) is 0 Å². The molecule has 6 nitrogen and oxygen atoms in total. The van der Waals surface area contributed by atoms with Crippen molar-refractivity contribution in [1.82, 2.24) is 14.9 Å². The summed E-state index contributed by atoms with van der Waals surface area (Å²) >= 11 is 0. The third kappa shape index (κ3) is 2.89. The van der Waals surface area contributed by atoms with Crippen LogP contribution in [0.1, 0.15) is 17.0 Å². The minimum Gasteiger partial charge on any atom is -0.354 e. The first-order valence-electron chi connectivity index (χ1n) is 5.94. The van der Waals surface area contributed by atoms with Gasteiger partial charge in [-0.2, -0.15) is 0 Å². The number of aldehydes is 1. The zero-order valence-electron chi connectivity index (χ0n) is 10.4. The van der Waals surface area contributed by atoms with Crippen LogP contribution in [0, 0.1) is 0 Å². The van der Waals surface area contributed by atoms with Crippen LogP contribution < -0.4 is 4.90 Å². The quantitative estimate of drug-likeness (QED) is 0.424. The summed E-state index contributed by atoms with van der Waals surface area (Å²) in [4.78, 5) is 34.4. The van der Waals surface area contributed by atoms with Crippen molar-refractivity contribution >= 4 is 17.9 Å². The molecule has 0 bridgehead atoms. The van der Waals surface area contributed by atoms with Gasteiger partial charge in [0.15, 0.2) is 5.82 Å². The highest BCUT2D eigenvalue weighted by Gasteiger charge is 2.17. The van der Waals surface area contributed by atoms with E-state index in [0.717, 1.165) is 32.0 Å². The van der Waals surface area contributed by atoms with Crippen LogP contribution in [0.4, 0.5) is 5.82 Å². The lowest BCUT2D eigenvalue weighted by molar-refractivity contribution is -0.107. The molecule has 6 heteroatoms. The summed E-state index contributed by atoms with van der Waals surface area (Å²) in [5.41, 5.74) is 0. The van der Waals surface area contributed by atoms with Crippen molar-refractivity contribution in [2.45, 2.75) is 6.42 Å². The molecular formula is C12H16N4O2. The Balaban J connectivity index is 2.11. The van der Waals surface area contributed by atoms with Crippen LogP contribution in [0.2, 0.25) is 0 Å². The fourth-order valence-corrected chi connectivity index (χ4v) is 1.86. The summed E-state index contributed by atoms with van der Waals surface area (Å²) in [5.74, 6) is 0.548. The Bertz CT molecular complexity index is 441. The number of aromatic nitrogens is 2. The van der Waals surface area contributed by atoms with Crippen LogP contribution in [0.3, 0.4) is 0 Å². The Kier molecular flexibility index (Phi) is 3.99.